The smallest absolute Gasteiger partial charge is 0.340 e. The zero-order valence-corrected chi connectivity index (χ0v) is 15.4. The lowest BCUT2D eigenvalue weighted by Crippen LogP contribution is -2.21. The summed E-state index contributed by atoms with van der Waals surface area (Å²) in [5, 5.41) is 14.4. The van der Waals surface area contributed by atoms with E-state index in [4.69, 9.17) is 14.6 Å². The molecule has 2 aromatic carbocycles. The number of ether oxygens (including phenoxy) is 2. The molecule has 0 atom stereocenters. The first kappa shape index (κ1) is 20.9. The molecule has 0 aliphatic rings. The number of nitrogens with one attached hydrogen (secondary N) is 2. The summed E-state index contributed by atoms with van der Waals surface area (Å²) in [5.41, 5.74) is 1.61. The number of rotatable bonds is 9. The van der Waals surface area contributed by atoms with Gasteiger partial charge in [0.2, 0.25) is 0 Å². The van der Waals surface area contributed by atoms with Gasteiger partial charge in [0.05, 0.1) is 24.3 Å². The second-order valence-corrected chi connectivity index (χ2v) is 5.62. The summed E-state index contributed by atoms with van der Waals surface area (Å²) in [5.74, 6) is -1.62. The number of para-hydroxylation sites is 1. The van der Waals surface area contributed by atoms with Gasteiger partial charge in [0.15, 0.2) is 6.61 Å². The predicted molar refractivity (Wildman–Crippen MR) is 103 cm³/mol. The SMILES string of the molecule is CCOC(=O)c1ccc(NC(=O)COC(=O)c2ccccc2NCCO)cc1. The average molecular weight is 386 g/mol. The monoisotopic (exact) mass is 386 g/mol. The zero-order chi connectivity index (χ0) is 20.4. The summed E-state index contributed by atoms with van der Waals surface area (Å²) in [6, 6.07) is 12.8. The minimum atomic E-state index is -0.658. The molecule has 8 heteroatoms. The molecule has 2 rings (SSSR count). The van der Waals surface area contributed by atoms with Crippen LogP contribution >= 0.6 is 0 Å². The molecule has 0 aromatic heterocycles. The van der Waals surface area contributed by atoms with Gasteiger partial charge in [-0.25, -0.2) is 9.59 Å². The van der Waals surface area contributed by atoms with Gasteiger partial charge in [0.25, 0.3) is 5.91 Å². The maximum atomic E-state index is 12.2. The van der Waals surface area contributed by atoms with Crippen LogP contribution in [0.25, 0.3) is 0 Å². The van der Waals surface area contributed by atoms with Crippen LogP contribution in [0.2, 0.25) is 0 Å². The number of benzene rings is 2. The lowest BCUT2D eigenvalue weighted by Gasteiger charge is -2.11. The van der Waals surface area contributed by atoms with Gasteiger partial charge in [-0.15, -0.1) is 0 Å². The van der Waals surface area contributed by atoms with Gasteiger partial charge in [0, 0.05) is 17.9 Å². The number of hydrogen-bond donors (Lipinski definition) is 3. The first-order valence-electron chi connectivity index (χ1n) is 8.73. The third-order valence-electron chi connectivity index (χ3n) is 3.59. The van der Waals surface area contributed by atoms with Crippen LogP contribution in [0.3, 0.4) is 0 Å². The summed E-state index contributed by atoms with van der Waals surface area (Å²) in [6.07, 6.45) is 0. The Labute approximate surface area is 162 Å². The zero-order valence-electron chi connectivity index (χ0n) is 15.4. The van der Waals surface area contributed by atoms with Gasteiger partial charge < -0.3 is 25.2 Å². The number of aliphatic hydroxyl groups excluding tert-OH is 1. The topological polar surface area (TPSA) is 114 Å². The summed E-state index contributed by atoms with van der Waals surface area (Å²) < 4.78 is 9.94. The van der Waals surface area contributed by atoms with Crippen LogP contribution in [-0.4, -0.2) is 49.3 Å². The number of hydrogen-bond acceptors (Lipinski definition) is 7. The van der Waals surface area contributed by atoms with Crippen molar-refractivity contribution in [3.63, 3.8) is 0 Å². The van der Waals surface area contributed by atoms with E-state index in [9.17, 15) is 14.4 Å². The third-order valence-corrected chi connectivity index (χ3v) is 3.59. The molecule has 0 saturated heterocycles. The van der Waals surface area contributed by atoms with E-state index in [1.165, 1.54) is 12.1 Å². The summed E-state index contributed by atoms with van der Waals surface area (Å²) >= 11 is 0. The standard InChI is InChI=1S/C20H22N2O6/c1-2-27-19(25)14-7-9-15(10-8-14)22-18(24)13-28-20(26)16-5-3-4-6-17(16)21-11-12-23/h3-10,21,23H,2,11-13H2,1H3,(H,22,24). The fourth-order valence-electron chi connectivity index (χ4n) is 2.32. The molecular weight excluding hydrogens is 364 g/mol. The van der Waals surface area contributed by atoms with E-state index in [0.29, 0.717) is 16.9 Å². The number of amides is 1. The summed E-state index contributed by atoms with van der Waals surface area (Å²) in [7, 11) is 0. The number of esters is 2. The molecule has 8 nitrogen and oxygen atoms in total. The third kappa shape index (κ3) is 6.10. The molecule has 0 saturated carbocycles. The number of carbonyl (C=O) groups is 3. The van der Waals surface area contributed by atoms with Crippen LogP contribution in [0.1, 0.15) is 27.6 Å². The van der Waals surface area contributed by atoms with Crippen molar-refractivity contribution in [1.29, 1.82) is 0 Å². The van der Waals surface area contributed by atoms with Crippen LogP contribution in [-0.2, 0) is 14.3 Å². The molecule has 0 aliphatic carbocycles. The molecule has 3 N–H and O–H groups in total. The number of aliphatic hydroxyl groups is 1. The Morgan fingerprint density at radius 3 is 2.36 bits per heavy atom. The molecule has 0 radical (unpaired) electrons. The highest BCUT2D eigenvalue weighted by atomic mass is 16.5. The Bertz CT molecular complexity index is 820. The Morgan fingerprint density at radius 1 is 0.964 bits per heavy atom. The van der Waals surface area contributed by atoms with Crippen molar-refractivity contribution in [3.05, 3.63) is 59.7 Å². The van der Waals surface area contributed by atoms with Crippen molar-refractivity contribution in [2.45, 2.75) is 6.92 Å². The van der Waals surface area contributed by atoms with E-state index in [1.807, 2.05) is 0 Å². The van der Waals surface area contributed by atoms with E-state index in [-0.39, 0.29) is 25.3 Å². The van der Waals surface area contributed by atoms with Crippen LogP contribution in [0.5, 0.6) is 0 Å². The van der Waals surface area contributed by atoms with Gasteiger partial charge in [-0.1, -0.05) is 12.1 Å². The Balaban J connectivity index is 1.89. The average Bonchev–Trinajstić information content (AvgIpc) is 2.71. The molecule has 1 amide bonds. The molecule has 0 aliphatic heterocycles. The number of carbonyl (C=O) groups excluding carboxylic acids is 3. The Kier molecular flexibility index (Phi) is 7.98. The van der Waals surface area contributed by atoms with Gasteiger partial charge in [-0.3, -0.25) is 4.79 Å². The van der Waals surface area contributed by atoms with E-state index in [0.717, 1.165) is 0 Å². The minimum Gasteiger partial charge on any atom is -0.462 e. The van der Waals surface area contributed by atoms with Crippen LogP contribution in [0, 0.1) is 0 Å². The molecule has 0 bridgehead atoms. The second-order valence-electron chi connectivity index (χ2n) is 5.62. The van der Waals surface area contributed by atoms with Crippen molar-refractivity contribution in [2.75, 3.05) is 37.0 Å². The Hall–Kier alpha value is -3.39. The first-order valence-corrected chi connectivity index (χ1v) is 8.73. The van der Waals surface area contributed by atoms with E-state index >= 15 is 0 Å². The highest BCUT2D eigenvalue weighted by Gasteiger charge is 2.14. The number of anilines is 2. The van der Waals surface area contributed by atoms with E-state index < -0.39 is 24.5 Å². The lowest BCUT2D eigenvalue weighted by atomic mass is 10.2. The molecular formula is C20H22N2O6. The van der Waals surface area contributed by atoms with Gasteiger partial charge >= 0.3 is 11.9 Å². The molecule has 0 spiro atoms. The molecule has 0 unspecified atom stereocenters. The summed E-state index contributed by atoms with van der Waals surface area (Å²) in [6.45, 7) is 1.73. The normalized spacial score (nSPS) is 10.1. The van der Waals surface area contributed by atoms with Crippen molar-refractivity contribution < 1.29 is 29.0 Å². The van der Waals surface area contributed by atoms with Crippen molar-refractivity contribution in [1.82, 2.24) is 0 Å². The van der Waals surface area contributed by atoms with Crippen LogP contribution < -0.4 is 10.6 Å². The maximum absolute atomic E-state index is 12.2. The first-order chi connectivity index (χ1) is 13.5. The molecule has 148 valence electrons. The molecule has 28 heavy (non-hydrogen) atoms. The van der Waals surface area contributed by atoms with E-state index in [2.05, 4.69) is 10.6 Å². The highest BCUT2D eigenvalue weighted by molar-refractivity contribution is 5.98. The van der Waals surface area contributed by atoms with Crippen LogP contribution in [0.4, 0.5) is 11.4 Å². The minimum absolute atomic E-state index is 0.0826. The van der Waals surface area contributed by atoms with Crippen molar-refractivity contribution in [2.24, 2.45) is 0 Å². The Morgan fingerprint density at radius 2 is 1.68 bits per heavy atom. The van der Waals surface area contributed by atoms with Crippen molar-refractivity contribution >= 4 is 29.2 Å². The van der Waals surface area contributed by atoms with Gasteiger partial charge in [-0.2, -0.15) is 0 Å². The summed E-state index contributed by atoms with van der Waals surface area (Å²) in [4.78, 5) is 35.8. The van der Waals surface area contributed by atoms with Gasteiger partial charge in [-0.05, 0) is 43.3 Å². The van der Waals surface area contributed by atoms with Gasteiger partial charge in [0.1, 0.15) is 0 Å². The molecule has 0 fully saturated rings. The van der Waals surface area contributed by atoms with Crippen molar-refractivity contribution in [3.8, 4) is 0 Å². The quantitative estimate of drug-likeness (QED) is 0.565. The fourth-order valence-corrected chi connectivity index (χ4v) is 2.32. The maximum Gasteiger partial charge on any atom is 0.340 e. The van der Waals surface area contributed by atoms with E-state index in [1.54, 1.807) is 43.3 Å². The lowest BCUT2D eigenvalue weighted by molar-refractivity contribution is -0.119. The predicted octanol–water partition coefficient (Wildman–Crippen LogP) is 2.06. The second kappa shape index (κ2) is 10.7. The molecule has 2 aromatic rings. The van der Waals surface area contributed by atoms with Crippen LogP contribution in [0.15, 0.2) is 48.5 Å². The highest BCUT2D eigenvalue weighted by Crippen LogP contribution is 2.16. The molecule has 0 heterocycles. The largest absolute Gasteiger partial charge is 0.462 e. The fraction of sp³-hybridized carbons (Fsp3) is 0.250.